The molecule has 46 heavy (non-hydrogen) atoms. The topological polar surface area (TPSA) is 0 Å². The van der Waals surface area contributed by atoms with E-state index in [0.717, 1.165) is 0 Å². The Morgan fingerprint density at radius 1 is 0.261 bits per heavy atom. The number of benzene rings is 7. The summed E-state index contributed by atoms with van der Waals surface area (Å²) >= 11 is 0. The molecule has 0 spiro atoms. The minimum Gasteiger partial charge on any atom is -0.359 e. The first-order chi connectivity index (χ1) is 21.9. The van der Waals surface area contributed by atoms with E-state index in [1.54, 1.807) is 6.07 Å². The molecule has 0 saturated carbocycles. The van der Waals surface area contributed by atoms with Gasteiger partial charge in [0.05, 0.1) is 0 Å². The number of hydrogen-bond acceptors (Lipinski definition) is 0. The molecule has 7 aromatic carbocycles. The molecule has 0 aromatic heterocycles. The smallest absolute Gasteiger partial charge is 0.359 e. The van der Waals surface area contributed by atoms with E-state index in [4.69, 9.17) is 0 Å². The van der Waals surface area contributed by atoms with Crippen LogP contribution in [0, 0.1) is 12.1 Å². The molecule has 0 aliphatic heterocycles. The molecule has 0 bridgehead atoms. The van der Waals surface area contributed by atoms with Crippen molar-refractivity contribution in [3.8, 4) is 0 Å². The summed E-state index contributed by atoms with van der Waals surface area (Å²) in [6.07, 6.45) is 0. The Bertz CT molecular complexity index is 1390. The van der Waals surface area contributed by atoms with E-state index in [1.807, 2.05) is 18.2 Å². The van der Waals surface area contributed by atoms with Gasteiger partial charge in [0, 0.05) is 0 Å². The van der Waals surface area contributed by atoms with Crippen LogP contribution in [0.25, 0.3) is 0 Å². The SMILES string of the molecule is [Au+].[Au+].[c-]1c[c-]ccc1.c1ccc(P(c2ccccc2)c2ccccc2)cc1.c1ccc(P(c2ccccc2)c2ccccc2)cc1. The Hall–Kier alpha value is -3.12. The van der Waals surface area contributed by atoms with Crippen LogP contribution in [0.2, 0.25) is 0 Å². The van der Waals surface area contributed by atoms with Crippen LogP contribution in [0.15, 0.2) is 206 Å². The van der Waals surface area contributed by atoms with Crippen molar-refractivity contribution in [1.29, 1.82) is 0 Å². The zero-order valence-electron chi connectivity index (χ0n) is 25.1. The van der Waals surface area contributed by atoms with Gasteiger partial charge in [-0.3, -0.25) is 18.2 Å². The third-order valence-corrected chi connectivity index (χ3v) is 11.5. The average molecular weight is 995 g/mol. The van der Waals surface area contributed by atoms with Gasteiger partial charge >= 0.3 is 44.8 Å². The van der Waals surface area contributed by atoms with Crippen LogP contribution >= 0.6 is 15.8 Å². The van der Waals surface area contributed by atoms with Crippen molar-refractivity contribution in [1.82, 2.24) is 0 Å². The summed E-state index contributed by atoms with van der Waals surface area (Å²) in [5, 5.41) is 8.39. The first kappa shape index (κ1) is 37.3. The van der Waals surface area contributed by atoms with Gasteiger partial charge in [-0.15, -0.1) is 0 Å². The first-order valence-corrected chi connectivity index (χ1v) is 17.3. The van der Waals surface area contributed by atoms with E-state index in [9.17, 15) is 0 Å². The average Bonchev–Trinajstić information content (AvgIpc) is 3.13. The zero-order valence-corrected chi connectivity index (χ0v) is 31.2. The Balaban J connectivity index is 0.000000205. The predicted octanol–water partition coefficient (Wildman–Crippen LogP) is 8.17. The molecule has 0 aliphatic rings. The summed E-state index contributed by atoms with van der Waals surface area (Å²) in [4.78, 5) is 0. The predicted molar refractivity (Wildman–Crippen MR) is 194 cm³/mol. The molecule has 234 valence electrons. The second-order valence-electron chi connectivity index (χ2n) is 9.69. The monoisotopic (exact) mass is 994 g/mol. The maximum atomic E-state index is 2.84. The van der Waals surface area contributed by atoms with Crippen LogP contribution in [0.4, 0.5) is 0 Å². The van der Waals surface area contributed by atoms with Gasteiger partial charge in [-0.25, -0.2) is 0 Å². The second-order valence-corrected chi connectivity index (χ2v) is 14.1. The molecule has 0 amide bonds. The first-order valence-electron chi connectivity index (χ1n) is 14.6. The number of rotatable bonds is 6. The van der Waals surface area contributed by atoms with Crippen molar-refractivity contribution < 1.29 is 44.8 Å². The van der Waals surface area contributed by atoms with Crippen molar-refractivity contribution in [3.05, 3.63) is 218 Å². The summed E-state index contributed by atoms with van der Waals surface area (Å²) in [5.74, 6) is 0. The van der Waals surface area contributed by atoms with E-state index in [-0.39, 0.29) is 44.8 Å². The fraction of sp³-hybridized carbons (Fsp3) is 0. The molecule has 0 saturated heterocycles. The van der Waals surface area contributed by atoms with Crippen molar-refractivity contribution in [2.75, 3.05) is 0 Å². The van der Waals surface area contributed by atoms with Crippen LogP contribution in [0.3, 0.4) is 0 Å². The van der Waals surface area contributed by atoms with Crippen molar-refractivity contribution in [3.63, 3.8) is 0 Å². The molecule has 0 N–H and O–H groups in total. The maximum Gasteiger partial charge on any atom is 1.00 e. The molecule has 0 aliphatic carbocycles. The molecule has 7 aromatic rings. The molecule has 0 nitrogen and oxygen atoms in total. The molecular formula is C42H34Au2P2. The van der Waals surface area contributed by atoms with Gasteiger partial charge in [0.25, 0.3) is 0 Å². The van der Waals surface area contributed by atoms with Gasteiger partial charge in [-0.2, -0.15) is 0 Å². The molecule has 0 fully saturated rings. The third-order valence-electron chi connectivity index (χ3n) is 6.64. The minimum absolute atomic E-state index is 0. The standard InChI is InChI=1S/2C18H15P.C6H4.2Au/c2*1-4-10-16(11-5-1)19(17-12-6-2-7-13-17)18-14-8-3-9-15-18;1-2-4-6-5-3-1;;/h2*1-15H;1-3,6H;;/q;;-2;2*+1. The van der Waals surface area contributed by atoms with Crippen molar-refractivity contribution in [2.24, 2.45) is 0 Å². The van der Waals surface area contributed by atoms with E-state index in [0.29, 0.717) is 0 Å². The van der Waals surface area contributed by atoms with Gasteiger partial charge < -0.3 is 18.2 Å². The van der Waals surface area contributed by atoms with Crippen LogP contribution in [0.5, 0.6) is 0 Å². The summed E-state index contributed by atoms with van der Waals surface area (Å²) in [6, 6.07) is 77.7. The normalized spacial score (nSPS) is 9.78. The zero-order chi connectivity index (χ0) is 30.1. The Morgan fingerprint density at radius 2 is 0.457 bits per heavy atom. The van der Waals surface area contributed by atoms with Crippen LogP contribution in [0.1, 0.15) is 0 Å². The van der Waals surface area contributed by atoms with Crippen LogP contribution in [-0.4, -0.2) is 0 Å². The van der Waals surface area contributed by atoms with E-state index in [2.05, 4.69) is 194 Å². The number of hydrogen-bond donors (Lipinski definition) is 0. The van der Waals surface area contributed by atoms with Gasteiger partial charge in [0.1, 0.15) is 0 Å². The second kappa shape index (κ2) is 21.6. The largest absolute Gasteiger partial charge is 1.00 e. The van der Waals surface area contributed by atoms with E-state index < -0.39 is 15.8 Å². The minimum atomic E-state index is -0.446. The van der Waals surface area contributed by atoms with E-state index >= 15 is 0 Å². The quantitative estimate of drug-likeness (QED) is 0.0898. The summed E-state index contributed by atoms with van der Waals surface area (Å²) in [6.45, 7) is 0. The van der Waals surface area contributed by atoms with Crippen LogP contribution < -0.4 is 31.8 Å². The molecule has 4 heteroatoms. The fourth-order valence-corrected chi connectivity index (χ4v) is 9.27. The van der Waals surface area contributed by atoms with Gasteiger partial charge in [-0.1, -0.05) is 182 Å². The van der Waals surface area contributed by atoms with Crippen molar-refractivity contribution >= 4 is 47.7 Å². The third kappa shape index (κ3) is 11.6. The molecule has 0 atom stereocenters. The summed E-state index contributed by atoms with van der Waals surface area (Å²) < 4.78 is 0. The molecule has 0 radical (unpaired) electrons. The molecule has 0 heterocycles. The Morgan fingerprint density at radius 3 is 0.587 bits per heavy atom. The van der Waals surface area contributed by atoms with Crippen molar-refractivity contribution in [2.45, 2.75) is 0 Å². The summed E-state index contributed by atoms with van der Waals surface area (Å²) in [5.41, 5.74) is 0. The van der Waals surface area contributed by atoms with Gasteiger partial charge in [0.2, 0.25) is 0 Å². The molecule has 7 rings (SSSR count). The fourth-order valence-electron chi connectivity index (χ4n) is 4.66. The molecule has 0 unspecified atom stereocenters. The van der Waals surface area contributed by atoms with Gasteiger partial charge in [0.15, 0.2) is 0 Å². The van der Waals surface area contributed by atoms with Gasteiger partial charge in [-0.05, 0) is 47.7 Å². The Kier molecular flexibility index (Phi) is 17.6. The Labute approximate surface area is 308 Å². The van der Waals surface area contributed by atoms with E-state index in [1.165, 1.54) is 31.8 Å². The van der Waals surface area contributed by atoms with Crippen LogP contribution in [-0.2, 0) is 44.8 Å². The maximum absolute atomic E-state index is 2.84. The molecular weight excluding hydrogens is 960 g/mol. The summed E-state index contributed by atoms with van der Waals surface area (Å²) in [7, 11) is -0.892.